The summed E-state index contributed by atoms with van der Waals surface area (Å²) < 4.78 is 2.14. The molecule has 5 rings (SSSR count). The van der Waals surface area contributed by atoms with Crippen LogP contribution in [0.1, 0.15) is 33.6 Å². The first-order valence-corrected chi connectivity index (χ1v) is 10.4. The Morgan fingerprint density at radius 1 is 1.06 bits per heavy atom. The molecule has 31 heavy (non-hydrogen) atoms. The summed E-state index contributed by atoms with van der Waals surface area (Å²) in [5, 5.41) is 6.82. The maximum atomic E-state index is 13.0. The second kappa shape index (κ2) is 8.07. The zero-order valence-corrected chi connectivity index (χ0v) is 17.3. The molecule has 2 N–H and O–H groups in total. The van der Waals surface area contributed by atoms with E-state index in [9.17, 15) is 4.79 Å². The number of nitrogens with one attached hydrogen (secondary N) is 2. The second-order valence-corrected chi connectivity index (χ2v) is 7.75. The van der Waals surface area contributed by atoms with Gasteiger partial charge in [0.15, 0.2) is 5.78 Å². The van der Waals surface area contributed by atoms with E-state index in [4.69, 9.17) is 4.98 Å². The molecule has 4 heterocycles. The zero-order chi connectivity index (χ0) is 21.2. The summed E-state index contributed by atoms with van der Waals surface area (Å²) >= 11 is 0. The van der Waals surface area contributed by atoms with Crippen molar-refractivity contribution < 1.29 is 4.79 Å². The Bertz CT molecular complexity index is 1330. The fraction of sp³-hybridized carbons (Fsp3) is 0.160. The van der Waals surface area contributed by atoms with Gasteiger partial charge in [-0.15, -0.1) is 0 Å². The third-order valence-corrected chi connectivity index (χ3v) is 5.68. The smallest absolute Gasteiger partial charge is 0.165 e. The fourth-order valence-electron chi connectivity index (χ4n) is 4.07. The highest BCUT2D eigenvalue weighted by Gasteiger charge is 2.17. The number of hydrogen-bond donors (Lipinski definition) is 2. The van der Waals surface area contributed by atoms with Gasteiger partial charge in [0, 0.05) is 53.9 Å². The van der Waals surface area contributed by atoms with Crippen LogP contribution in [0.5, 0.6) is 0 Å². The van der Waals surface area contributed by atoms with E-state index in [-0.39, 0.29) is 5.78 Å². The van der Waals surface area contributed by atoms with Crippen molar-refractivity contribution in [3.8, 4) is 11.3 Å². The Balaban J connectivity index is 1.38. The molecule has 0 unspecified atom stereocenters. The summed E-state index contributed by atoms with van der Waals surface area (Å²) in [5.74, 6) is 0.175. The summed E-state index contributed by atoms with van der Waals surface area (Å²) in [6.07, 6.45) is 8.82. The number of carbonyl (C=O) groups is 1. The molecule has 1 aromatic carbocycles. The van der Waals surface area contributed by atoms with Crippen molar-refractivity contribution in [2.75, 3.05) is 0 Å². The molecule has 0 radical (unpaired) electrons. The first-order valence-electron chi connectivity index (χ1n) is 10.4. The van der Waals surface area contributed by atoms with Crippen LogP contribution in [0.3, 0.4) is 0 Å². The van der Waals surface area contributed by atoms with E-state index in [1.807, 2.05) is 55.8 Å². The molecule has 0 bridgehead atoms. The highest BCUT2D eigenvalue weighted by atomic mass is 16.1. The minimum atomic E-state index is 0.175. The van der Waals surface area contributed by atoms with Gasteiger partial charge in [-0.05, 0) is 37.1 Å². The molecule has 0 aliphatic heterocycles. The molecule has 4 aromatic heterocycles. The molecule has 6 heteroatoms. The molecule has 0 amide bonds. The quantitative estimate of drug-likeness (QED) is 0.374. The van der Waals surface area contributed by atoms with Gasteiger partial charge in [0.05, 0.1) is 22.9 Å². The van der Waals surface area contributed by atoms with Crippen LogP contribution in [0.4, 0.5) is 0 Å². The van der Waals surface area contributed by atoms with Gasteiger partial charge in [-0.2, -0.15) is 5.10 Å². The lowest BCUT2D eigenvalue weighted by Gasteiger charge is -2.08. The molecule has 0 saturated heterocycles. The largest absolute Gasteiger partial charge is 0.364 e. The molecule has 154 valence electrons. The summed E-state index contributed by atoms with van der Waals surface area (Å²) in [4.78, 5) is 21.0. The number of pyridine rings is 1. The van der Waals surface area contributed by atoms with Crippen molar-refractivity contribution >= 4 is 16.8 Å². The summed E-state index contributed by atoms with van der Waals surface area (Å²) in [7, 11) is 0. The molecule has 0 spiro atoms. The van der Waals surface area contributed by atoms with E-state index in [0.717, 1.165) is 45.5 Å². The normalized spacial score (nSPS) is 11.3. The van der Waals surface area contributed by atoms with Crippen LogP contribution < -0.4 is 0 Å². The van der Waals surface area contributed by atoms with Gasteiger partial charge in [-0.25, -0.2) is 4.98 Å². The molecule has 0 aliphatic carbocycles. The highest BCUT2D eigenvalue weighted by Crippen LogP contribution is 2.24. The van der Waals surface area contributed by atoms with E-state index >= 15 is 0 Å². The number of nitrogens with zero attached hydrogens (tertiary/aromatic N) is 3. The third kappa shape index (κ3) is 3.80. The van der Waals surface area contributed by atoms with Crippen LogP contribution in [-0.4, -0.2) is 30.5 Å². The Morgan fingerprint density at radius 2 is 1.94 bits per heavy atom. The number of H-pyrrole nitrogens is 2. The third-order valence-electron chi connectivity index (χ3n) is 5.68. The van der Waals surface area contributed by atoms with Crippen molar-refractivity contribution in [1.82, 2.24) is 24.7 Å². The SMILES string of the molecule is Cc1[nH]cc(Cn2ccc3nc(-c4cn[nH]c4)ccc32)c1C(=O)CCc1ccccc1. The van der Waals surface area contributed by atoms with E-state index in [2.05, 4.69) is 37.9 Å². The number of aryl methyl sites for hydroxylation is 2. The van der Waals surface area contributed by atoms with Crippen LogP contribution in [0.15, 0.2) is 73.3 Å². The van der Waals surface area contributed by atoms with Gasteiger partial charge in [0.2, 0.25) is 0 Å². The lowest BCUT2D eigenvalue weighted by atomic mass is 10.00. The molecular weight excluding hydrogens is 386 g/mol. The first kappa shape index (κ1) is 19.1. The van der Waals surface area contributed by atoms with Gasteiger partial charge >= 0.3 is 0 Å². The van der Waals surface area contributed by atoms with E-state index in [1.165, 1.54) is 5.56 Å². The number of carbonyl (C=O) groups excluding carboxylic acids is 1. The van der Waals surface area contributed by atoms with E-state index in [1.54, 1.807) is 6.20 Å². The van der Waals surface area contributed by atoms with Crippen LogP contribution >= 0.6 is 0 Å². The average Bonchev–Trinajstić information content (AvgIpc) is 3.54. The molecule has 0 aliphatic rings. The standard InChI is InChI=1S/C25H23N5O/c1-17-25(24(31)10-7-18-5-3-2-4-6-18)20(13-26-17)16-30-12-11-22-23(30)9-8-21(29-22)19-14-27-28-15-19/h2-6,8-9,11-15,26H,7,10,16H2,1H3,(H,27,28). The van der Waals surface area contributed by atoms with Crippen LogP contribution in [0.2, 0.25) is 0 Å². The summed E-state index contributed by atoms with van der Waals surface area (Å²) in [6, 6.07) is 16.2. The van der Waals surface area contributed by atoms with Crippen LogP contribution in [0, 0.1) is 6.92 Å². The Hall–Kier alpha value is -3.93. The monoisotopic (exact) mass is 409 g/mol. The maximum Gasteiger partial charge on any atom is 0.165 e. The van der Waals surface area contributed by atoms with Gasteiger partial charge in [-0.3, -0.25) is 9.89 Å². The summed E-state index contributed by atoms with van der Waals surface area (Å²) in [5.41, 5.74) is 7.71. The number of aromatic amines is 2. The number of hydrogen-bond acceptors (Lipinski definition) is 3. The number of Topliss-reactive ketones (excluding diaryl/α,β-unsaturated/α-hetero) is 1. The average molecular weight is 409 g/mol. The second-order valence-electron chi connectivity index (χ2n) is 7.75. The first-order chi connectivity index (χ1) is 15.2. The van der Waals surface area contributed by atoms with E-state index < -0.39 is 0 Å². The Kier molecular flexibility index (Phi) is 4.96. The fourth-order valence-corrected chi connectivity index (χ4v) is 4.07. The highest BCUT2D eigenvalue weighted by molar-refractivity contribution is 5.98. The minimum absolute atomic E-state index is 0.175. The lowest BCUT2D eigenvalue weighted by Crippen LogP contribution is -2.07. The van der Waals surface area contributed by atoms with Gasteiger partial charge in [0.25, 0.3) is 0 Å². The zero-order valence-electron chi connectivity index (χ0n) is 17.3. The molecule has 5 aromatic rings. The van der Waals surface area contributed by atoms with Crippen molar-refractivity contribution in [3.05, 3.63) is 95.7 Å². The molecule has 0 saturated carbocycles. The number of benzene rings is 1. The maximum absolute atomic E-state index is 13.0. The van der Waals surface area contributed by atoms with Crippen LogP contribution in [0.25, 0.3) is 22.3 Å². The van der Waals surface area contributed by atoms with Crippen molar-refractivity contribution in [2.24, 2.45) is 0 Å². The minimum Gasteiger partial charge on any atom is -0.364 e. The Labute approximate surface area is 180 Å². The topological polar surface area (TPSA) is 79.4 Å². The Morgan fingerprint density at radius 3 is 2.74 bits per heavy atom. The predicted molar refractivity (Wildman–Crippen MR) is 121 cm³/mol. The molecule has 0 atom stereocenters. The van der Waals surface area contributed by atoms with Gasteiger partial charge in [-0.1, -0.05) is 30.3 Å². The van der Waals surface area contributed by atoms with Crippen molar-refractivity contribution in [2.45, 2.75) is 26.3 Å². The molecule has 0 fully saturated rings. The van der Waals surface area contributed by atoms with Crippen molar-refractivity contribution in [3.63, 3.8) is 0 Å². The molecular formula is C25H23N5O. The number of aromatic nitrogens is 5. The number of ketones is 1. The van der Waals surface area contributed by atoms with Crippen molar-refractivity contribution in [1.29, 1.82) is 0 Å². The van der Waals surface area contributed by atoms with Crippen LogP contribution in [-0.2, 0) is 13.0 Å². The van der Waals surface area contributed by atoms with E-state index in [0.29, 0.717) is 13.0 Å². The van der Waals surface area contributed by atoms with Gasteiger partial charge < -0.3 is 9.55 Å². The van der Waals surface area contributed by atoms with Gasteiger partial charge in [0.1, 0.15) is 0 Å². The predicted octanol–water partition coefficient (Wildman–Crippen LogP) is 4.93. The lowest BCUT2D eigenvalue weighted by molar-refractivity contribution is 0.0981. The number of rotatable bonds is 7. The molecule has 6 nitrogen and oxygen atoms in total. The number of fused-ring (bicyclic) bond motifs is 1. The summed E-state index contributed by atoms with van der Waals surface area (Å²) in [6.45, 7) is 2.58.